The maximum absolute atomic E-state index is 12.7. The predicted molar refractivity (Wildman–Crippen MR) is 115 cm³/mol. The molecule has 1 aromatic heterocycles. The van der Waals surface area contributed by atoms with Crippen LogP contribution >= 0.6 is 11.3 Å². The Morgan fingerprint density at radius 1 is 1.27 bits per heavy atom. The fourth-order valence-electron chi connectivity index (χ4n) is 3.37. The number of hydrogen-bond donors (Lipinski definition) is 1. The number of nitrogens with zero attached hydrogens (tertiary/aromatic N) is 2. The zero-order valence-electron chi connectivity index (χ0n) is 16.3. The maximum atomic E-state index is 12.7. The minimum absolute atomic E-state index is 0.0903. The fraction of sp³-hybridized carbons (Fsp3) is 0.250. The molecule has 0 radical (unpaired) electrons. The van der Waals surface area contributed by atoms with Crippen LogP contribution in [0.25, 0.3) is 10.2 Å². The quantitative estimate of drug-likeness (QED) is 0.647. The summed E-state index contributed by atoms with van der Waals surface area (Å²) >= 11 is 1.19. The van der Waals surface area contributed by atoms with E-state index in [0.29, 0.717) is 26.8 Å². The number of nitrogens with one attached hydrogen (secondary N) is 1. The Balaban J connectivity index is 1.51. The summed E-state index contributed by atoms with van der Waals surface area (Å²) in [5, 5.41) is 3.13. The number of fused-ring (bicyclic) bond motifs is 1. The molecule has 30 heavy (non-hydrogen) atoms. The number of sulfone groups is 1. The highest BCUT2D eigenvalue weighted by molar-refractivity contribution is 7.90. The summed E-state index contributed by atoms with van der Waals surface area (Å²) in [6.07, 6.45) is 1.23. The molecule has 156 valence electrons. The summed E-state index contributed by atoms with van der Waals surface area (Å²) in [7, 11) is -1.79. The van der Waals surface area contributed by atoms with Gasteiger partial charge < -0.3 is 15.0 Å². The van der Waals surface area contributed by atoms with E-state index in [1.54, 1.807) is 29.2 Å². The van der Waals surface area contributed by atoms with E-state index < -0.39 is 15.8 Å². The molecule has 1 fully saturated rings. The van der Waals surface area contributed by atoms with Gasteiger partial charge in [0.1, 0.15) is 5.75 Å². The van der Waals surface area contributed by atoms with Gasteiger partial charge in [0.15, 0.2) is 15.0 Å². The van der Waals surface area contributed by atoms with Crippen molar-refractivity contribution in [2.24, 2.45) is 5.92 Å². The zero-order valence-corrected chi connectivity index (χ0v) is 17.9. The number of rotatable bonds is 5. The molecule has 0 aliphatic carbocycles. The molecule has 2 aromatic carbocycles. The molecule has 3 aromatic rings. The van der Waals surface area contributed by atoms with Crippen molar-refractivity contribution in [1.29, 1.82) is 0 Å². The summed E-state index contributed by atoms with van der Waals surface area (Å²) < 4.78 is 29.4. The van der Waals surface area contributed by atoms with Crippen LogP contribution in [-0.2, 0) is 19.4 Å². The molecule has 8 nitrogen and oxygen atoms in total. The van der Waals surface area contributed by atoms with Crippen molar-refractivity contribution in [2.45, 2.75) is 11.3 Å². The van der Waals surface area contributed by atoms with Crippen molar-refractivity contribution in [3.05, 3.63) is 42.5 Å². The number of amides is 2. The van der Waals surface area contributed by atoms with Gasteiger partial charge in [-0.15, -0.1) is 0 Å². The van der Waals surface area contributed by atoms with E-state index in [1.807, 2.05) is 12.1 Å². The molecule has 10 heteroatoms. The molecule has 1 N–H and O–H groups in total. The van der Waals surface area contributed by atoms with E-state index in [2.05, 4.69) is 10.3 Å². The number of ether oxygens (including phenoxy) is 1. The number of aromatic nitrogens is 1. The molecule has 2 heterocycles. The van der Waals surface area contributed by atoms with E-state index in [4.69, 9.17) is 4.74 Å². The third-order valence-electron chi connectivity index (χ3n) is 4.89. The van der Waals surface area contributed by atoms with E-state index in [9.17, 15) is 18.0 Å². The summed E-state index contributed by atoms with van der Waals surface area (Å²) in [6.45, 7) is 0.244. The van der Waals surface area contributed by atoms with Gasteiger partial charge in [-0.05, 0) is 30.3 Å². The lowest BCUT2D eigenvalue weighted by Gasteiger charge is -2.19. The third kappa shape index (κ3) is 3.88. The number of benzene rings is 2. The highest BCUT2D eigenvalue weighted by Crippen LogP contribution is 2.34. The lowest BCUT2D eigenvalue weighted by Crippen LogP contribution is -2.28. The van der Waals surface area contributed by atoms with Crippen molar-refractivity contribution in [3.8, 4) is 5.75 Å². The van der Waals surface area contributed by atoms with E-state index in [-0.39, 0.29) is 29.7 Å². The second kappa shape index (κ2) is 7.69. The molecule has 4 rings (SSSR count). The van der Waals surface area contributed by atoms with Crippen molar-refractivity contribution < 1.29 is 22.7 Å². The largest absolute Gasteiger partial charge is 0.495 e. The van der Waals surface area contributed by atoms with Crippen LogP contribution in [0.2, 0.25) is 0 Å². The Morgan fingerprint density at radius 2 is 2.03 bits per heavy atom. The van der Waals surface area contributed by atoms with Gasteiger partial charge >= 0.3 is 0 Å². The van der Waals surface area contributed by atoms with Crippen molar-refractivity contribution in [1.82, 2.24) is 4.98 Å². The Kier molecular flexibility index (Phi) is 5.20. The molecular formula is C20H19N3O5S2. The first kappa shape index (κ1) is 20.3. The second-order valence-electron chi connectivity index (χ2n) is 6.99. The van der Waals surface area contributed by atoms with E-state index >= 15 is 0 Å². The normalized spacial score (nSPS) is 16.8. The van der Waals surface area contributed by atoms with Crippen LogP contribution in [0.5, 0.6) is 5.75 Å². The van der Waals surface area contributed by atoms with Crippen LogP contribution in [0.1, 0.15) is 6.42 Å². The van der Waals surface area contributed by atoms with Gasteiger partial charge in [0, 0.05) is 19.2 Å². The van der Waals surface area contributed by atoms with Crippen molar-refractivity contribution in [3.63, 3.8) is 0 Å². The Morgan fingerprint density at radius 3 is 2.77 bits per heavy atom. The Labute approximate surface area is 177 Å². The second-order valence-corrected chi connectivity index (χ2v) is 10.0. The predicted octanol–water partition coefficient (Wildman–Crippen LogP) is 2.70. The minimum atomic E-state index is -3.33. The summed E-state index contributed by atoms with van der Waals surface area (Å²) in [5.41, 5.74) is 1.23. The molecule has 0 bridgehead atoms. The van der Waals surface area contributed by atoms with Gasteiger partial charge in [0.2, 0.25) is 11.8 Å². The monoisotopic (exact) mass is 445 g/mol. The molecule has 2 amide bonds. The van der Waals surface area contributed by atoms with Crippen LogP contribution in [-0.4, -0.2) is 45.1 Å². The number of methoxy groups -OCH3 is 1. The SMILES string of the molecule is COc1ccccc1N1C[C@H](C(=O)Nc2nc3ccc(S(C)(=O)=O)cc3s2)CC1=O. The first-order chi connectivity index (χ1) is 14.3. The van der Waals surface area contributed by atoms with Gasteiger partial charge in [0.05, 0.1) is 33.8 Å². The molecule has 0 saturated carbocycles. The van der Waals surface area contributed by atoms with Crippen LogP contribution in [0, 0.1) is 5.92 Å². The average molecular weight is 446 g/mol. The summed E-state index contributed by atoms with van der Waals surface area (Å²) in [5.74, 6) is -0.411. The Hall–Kier alpha value is -2.98. The first-order valence-corrected chi connectivity index (χ1v) is 11.8. The molecule has 1 aliphatic rings. The fourth-order valence-corrected chi connectivity index (χ4v) is 5.00. The van der Waals surface area contributed by atoms with Crippen LogP contribution < -0.4 is 15.0 Å². The van der Waals surface area contributed by atoms with Crippen molar-refractivity contribution in [2.75, 3.05) is 30.1 Å². The molecule has 1 aliphatic heterocycles. The lowest BCUT2D eigenvalue weighted by atomic mass is 10.1. The smallest absolute Gasteiger partial charge is 0.231 e. The number of carbonyl (C=O) groups is 2. The van der Waals surface area contributed by atoms with Gasteiger partial charge in [-0.3, -0.25) is 9.59 Å². The van der Waals surface area contributed by atoms with Gasteiger partial charge in [-0.1, -0.05) is 23.5 Å². The molecule has 0 unspecified atom stereocenters. The van der Waals surface area contributed by atoms with Crippen LogP contribution in [0.15, 0.2) is 47.4 Å². The zero-order chi connectivity index (χ0) is 21.5. The number of thiazole rings is 1. The number of carbonyl (C=O) groups excluding carboxylic acids is 2. The minimum Gasteiger partial charge on any atom is -0.495 e. The molecule has 0 spiro atoms. The van der Waals surface area contributed by atoms with E-state index in [1.165, 1.54) is 24.5 Å². The van der Waals surface area contributed by atoms with Crippen molar-refractivity contribution >= 4 is 54.0 Å². The van der Waals surface area contributed by atoms with Gasteiger partial charge in [-0.25, -0.2) is 13.4 Å². The van der Waals surface area contributed by atoms with Crippen LogP contribution in [0.4, 0.5) is 10.8 Å². The van der Waals surface area contributed by atoms with Gasteiger partial charge in [0.25, 0.3) is 0 Å². The highest BCUT2D eigenvalue weighted by Gasteiger charge is 2.36. The first-order valence-electron chi connectivity index (χ1n) is 9.11. The molecular weight excluding hydrogens is 426 g/mol. The van der Waals surface area contributed by atoms with Crippen LogP contribution in [0.3, 0.4) is 0 Å². The maximum Gasteiger partial charge on any atom is 0.231 e. The highest BCUT2D eigenvalue weighted by atomic mass is 32.2. The van der Waals surface area contributed by atoms with E-state index in [0.717, 1.165) is 6.26 Å². The summed E-state index contributed by atoms with van der Waals surface area (Å²) in [6, 6.07) is 11.8. The number of hydrogen-bond acceptors (Lipinski definition) is 7. The lowest BCUT2D eigenvalue weighted by molar-refractivity contribution is -0.122. The molecule has 1 saturated heterocycles. The Bertz CT molecular complexity index is 1250. The third-order valence-corrected chi connectivity index (χ3v) is 6.93. The number of para-hydroxylation sites is 2. The number of anilines is 2. The average Bonchev–Trinajstić information content (AvgIpc) is 3.29. The van der Waals surface area contributed by atoms with Gasteiger partial charge in [-0.2, -0.15) is 0 Å². The topological polar surface area (TPSA) is 106 Å². The summed E-state index contributed by atoms with van der Waals surface area (Å²) in [4.78, 5) is 31.3. The molecule has 1 atom stereocenters. The standard InChI is InChI=1S/C20H19N3O5S2/c1-28-16-6-4-3-5-15(16)23-11-12(9-18(23)24)19(25)22-20-21-14-8-7-13(30(2,26)27)10-17(14)29-20/h3-8,10,12H,9,11H2,1-2H3,(H,21,22,25)/t12-/m1/s1.